The second kappa shape index (κ2) is 6.94. The number of anilines is 2. The molecule has 1 amide bonds. The van der Waals surface area contributed by atoms with Crippen LogP contribution >= 0.6 is 0 Å². The van der Waals surface area contributed by atoms with Gasteiger partial charge in [-0.2, -0.15) is 13.2 Å². The Morgan fingerprint density at radius 1 is 0.933 bits per heavy atom. The average molecular weight is 436 g/mol. The summed E-state index contributed by atoms with van der Waals surface area (Å²) in [5, 5.41) is 0. The Bertz CT molecular complexity index is 1240. The molecule has 0 aliphatic carbocycles. The van der Waals surface area contributed by atoms with Gasteiger partial charge in [0.2, 0.25) is 0 Å². The van der Waals surface area contributed by atoms with Gasteiger partial charge >= 0.3 is 5.51 Å². The monoisotopic (exact) mass is 436 g/mol. The molecule has 1 aliphatic heterocycles. The zero-order chi connectivity index (χ0) is 21.7. The van der Waals surface area contributed by atoms with Crippen molar-refractivity contribution in [2.75, 3.05) is 29.9 Å². The van der Waals surface area contributed by atoms with Crippen molar-refractivity contribution in [1.29, 1.82) is 0 Å². The number of amides is 1. The SMILES string of the molecule is CN1CCN(C(=O)c2ccc(S(=O)(=O)C(F)(F)F)cc2)c2nc3ccccc3nc21. The average Bonchev–Trinajstić information content (AvgIpc) is 2.72. The van der Waals surface area contributed by atoms with Crippen LogP contribution in [-0.2, 0) is 9.84 Å². The van der Waals surface area contributed by atoms with Gasteiger partial charge in [0.15, 0.2) is 11.6 Å². The lowest BCUT2D eigenvalue weighted by atomic mass is 10.2. The number of carbonyl (C=O) groups is 1. The predicted octanol–water partition coefficient (Wildman–Crippen LogP) is 3.02. The number of alkyl halides is 3. The van der Waals surface area contributed by atoms with Crippen LogP contribution in [0.2, 0.25) is 0 Å². The van der Waals surface area contributed by atoms with E-state index in [1.54, 1.807) is 18.2 Å². The summed E-state index contributed by atoms with van der Waals surface area (Å²) in [6, 6.07) is 10.9. The number of sulfone groups is 1. The van der Waals surface area contributed by atoms with E-state index < -0.39 is 26.1 Å². The molecule has 4 rings (SSSR count). The van der Waals surface area contributed by atoms with Crippen molar-refractivity contribution in [2.24, 2.45) is 0 Å². The Balaban J connectivity index is 1.71. The molecule has 7 nitrogen and oxygen atoms in total. The first-order valence-corrected chi connectivity index (χ1v) is 10.3. The van der Waals surface area contributed by atoms with E-state index in [1.807, 2.05) is 18.0 Å². The summed E-state index contributed by atoms with van der Waals surface area (Å²) < 4.78 is 61.2. The van der Waals surface area contributed by atoms with Gasteiger partial charge in [-0.15, -0.1) is 0 Å². The molecule has 1 aromatic heterocycles. The lowest BCUT2D eigenvalue weighted by molar-refractivity contribution is -0.0436. The van der Waals surface area contributed by atoms with Crippen molar-refractivity contribution < 1.29 is 26.4 Å². The molecular weight excluding hydrogens is 421 g/mol. The smallest absolute Gasteiger partial charge is 0.355 e. The van der Waals surface area contributed by atoms with Crippen molar-refractivity contribution in [1.82, 2.24) is 9.97 Å². The van der Waals surface area contributed by atoms with Gasteiger partial charge in [-0.3, -0.25) is 9.69 Å². The molecule has 0 N–H and O–H groups in total. The molecule has 0 radical (unpaired) electrons. The molecule has 0 atom stereocenters. The maximum Gasteiger partial charge on any atom is 0.501 e. The number of likely N-dealkylation sites (N-methyl/N-ethyl adjacent to an activating group) is 1. The summed E-state index contributed by atoms with van der Waals surface area (Å²) in [6.45, 7) is 0.768. The zero-order valence-electron chi connectivity index (χ0n) is 15.6. The molecule has 0 fully saturated rings. The minimum absolute atomic E-state index is 0.0431. The molecule has 2 heterocycles. The van der Waals surface area contributed by atoms with Crippen LogP contribution in [0.25, 0.3) is 11.0 Å². The van der Waals surface area contributed by atoms with Crippen LogP contribution in [0.3, 0.4) is 0 Å². The highest BCUT2D eigenvalue weighted by atomic mass is 32.2. The number of carbonyl (C=O) groups excluding carboxylic acids is 1. The van der Waals surface area contributed by atoms with E-state index in [9.17, 15) is 26.4 Å². The fourth-order valence-electron chi connectivity index (χ4n) is 3.14. The van der Waals surface area contributed by atoms with Crippen LogP contribution in [0.4, 0.5) is 24.8 Å². The largest absolute Gasteiger partial charge is 0.501 e. The second-order valence-electron chi connectivity index (χ2n) is 6.71. The maximum atomic E-state index is 13.0. The number of aromatic nitrogens is 2. The molecule has 11 heteroatoms. The Morgan fingerprint density at radius 3 is 2.07 bits per heavy atom. The molecule has 2 aromatic carbocycles. The topological polar surface area (TPSA) is 83.5 Å². The van der Waals surface area contributed by atoms with Crippen LogP contribution in [-0.4, -0.2) is 49.9 Å². The molecule has 0 saturated heterocycles. The fourth-order valence-corrected chi connectivity index (χ4v) is 3.91. The van der Waals surface area contributed by atoms with E-state index in [0.717, 1.165) is 24.3 Å². The zero-order valence-corrected chi connectivity index (χ0v) is 16.4. The van der Waals surface area contributed by atoms with Gasteiger partial charge in [0, 0.05) is 25.7 Å². The summed E-state index contributed by atoms with van der Waals surface area (Å²) >= 11 is 0. The van der Waals surface area contributed by atoms with Crippen molar-refractivity contribution in [3.63, 3.8) is 0 Å². The van der Waals surface area contributed by atoms with Gasteiger partial charge in [0.05, 0.1) is 15.9 Å². The van der Waals surface area contributed by atoms with Gasteiger partial charge in [-0.05, 0) is 36.4 Å². The number of rotatable bonds is 2. The summed E-state index contributed by atoms with van der Waals surface area (Å²) in [6.07, 6.45) is 0. The molecule has 0 spiro atoms. The van der Waals surface area contributed by atoms with Gasteiger partial charge in [-0.1, -0.05) is 12.1 Å². The molecule has 0 unspecified atom stereocenters. The Morgan fingerprint density at radius 2 is 1.50 bits per heavy atom. The van der Waals surface area contributed by atoms with Crippen molar-refractivity contribution >= 4 is 38.4 Å². The van der Waals surface area contributed by atoms with Crippen LogP contribution < -0.4 is 9.80 Å². The second-order valence-corrected chi connectivity index (χ2v) is 8.65. The van der Waals surface area contributed by atoms with Crippen LogP contribution in [0.1, 0.15) is 10.4 Å². The third-order valence-corrected chi connectivity index (χ3v) is 6.27. The highest BCUT2D eigenvalue weighted by Gasteiger charge is 2.46. The van der Waals surface area contributed by atoms with Crippen LogP contribution in [0.5, 0.6) is 0 Å². The number of halogens is 3. The first-order valence-electron chi connectivity index (χ1n) is 8.81. The van der Waals surface area contributed by atoms with E-state index in [0.29, 0.717) is 29.2 Å². The number of nitrogens with zero attached hydrogens (tertiary/aromatic N) is 4. The third kappa shape index (κ3) is 3.24. The summed E-state index contributed by atoms with van der Waals surface area (Å²) in [5.74, 6) is 0.328. The summed E-state index contributed by atoms with van der Waals surface area (Å²) in [7, 11) is -3.66. The first kappa shape index (κ1) is 20.1. The van der Waals surface area contributed by atoms with Crippen molar-refractivity contribution in [2.45, 2.75) is 10.4 Å². The molecular formula is C19H15F3N4O3S. The van der Waals surface area contributed by atoms with Gasteiger partial charge in [0.1, 0.15) is 0 Å². The van der Waals surface area contributed by atoms with E-state index in [2.05, 4.69) is 9.97 Å². The number of benzene rings is 2. The van der Waals surface area contributed by atoms with E-state index in [1.165, 1.54) is 4.90 Å². The molecule has 0 bridgehead atoms. The van der Waals surface area contributed by atoms with E-state index in [-0.39, 0.29) is 12.1 Å². The molecule has 0 saturated carbocycles. The first-order chi connectivity index (χ1) is 14.1. The highest BCUT2D eigenvalue weighted by Crippen LogP contribution is 2.33. The quantitative estimate of drug-likeness (QED) is 0.614. The van der Waals surface area contributed by atoms with Crippen molar-refractivity contribution in [3.05, 3.63) is 54.1 Å². The summed E-state index contributed by atoms with van der Waals surface area (Å²) in [4.78, 5) is 24.5. The van der Waals surface area contributed by atoms with Gasteiger partial charge < -0.3 is 4.90 Å². The normalized spacial score (nSPS) is 14.7. The highest BCUT2D eigenvalue weighted by molar-refractivity contribution is 7.92. The minimum Gasteiger partial charge on any atom is -0.355 e. The Kier molecular flexibility index (Phi) is 4.64. The molecule has 1 aliphatic rings. The lowest BCUT2D eigenvalue weighted by Crippen LogP contribution is -2.43. The van der Waals surface area contributed by atoms with Crippen LogP contribution in [0.15, 0.2) is 53.4 Å². The van der Waals surface area contributed by atoms with Gasteiger partial charge in [0.25, 0.3) is 15.7 Å². The molecule has 156 valence electrons. The third-order valence-electron chi connectivity index (χ3n) is 4.77. The van der Waals surface area contributed by atoms with Crippen LogP contribution in [0, 0.1) is 0 Å². The number of para-hydroxylation sites is 2. The lowest BCUT2D eigenvalue weighted by Gasteiger charge is -2.33. The van der Waals surface area contributed by atoms with Crippen molar-refractivity contribution in [3.8, 4) is 0 Å². The Labute approximate surface area is 169 Å². The van der Waals surface area contributed by atoms with Gasteiger partial charge in [-0.25, -0.2) is 18.4 Å². The number of hydrogen-bond donors (Lipinski definition) is 0. The minimum atomic E-state index is -5.48. The molecule has 30 heavy (non-hydrogen) atoms. The Hall–Kier alpha value is -3.21. The maximum absolute atomic E-state index is 13.0. The molecule has 3 aromatic rings. The predicted molar refractivity (Wildman–Crippen MR) is 104 cm³/mol. The number of fused-ring (bicyclic) bond motifs is 2. The van der Waals surface area contributed by atoms with E-state index >= 15 is 0 Å². The van der Waals surface area contributed by atoms with E-state index in [4.69, 9.17) is 0 Å². The summed E-state index contributed by atoms with van der Waals surface area (Å²) in [5.41, 5.74) is -4.11. The number of hydrogen-bond acceptors (Lipinski definition) is 6. The standard InChI is InChI=1S/C19H15F3N4O3S/c1-25-10-11-26(17-16(25)23-14-4-2-3-5-15(14)24-17)18(27)12-6-8-13(9-7-12)30(28,29)19(20,21)22/h2-9H,10-11H2,1H3. The fraction of sp³-hybridized carbons (Fsp3) is 0.211.